The summed E-state index contributed by atoms with van der Waals surface area (Å²) in [5.41, 5.74) is 3.93. The normalized spacial score (nSPS) is 11.5. The van der Waals surface area contributed by atoms with E-state index < -0.39 is 10.0 Å². The van der Waals surface area contributed by atoms with Crippen molar-refractivity contribution in [3.8, 4) is 28.3 Å². The molecular weight excluding hydrogens is 400 g/mol. The fourth-order valence-corrected chi connectivity index (χ4v) is 4.02. The van der Waals surface area contributed by atoms with Crippen molar-refractivity contribution >= 4 is 10.0 Å². The van der Waals surface area contributed by atoms with E-state index in [9.17, 15) is 13.5 Å². The van der Waals surface area contributed by atoms with Gasteiger partial charge in [0.1, 0.15) is 0 Å². The Bertz CT molecular complexity index is 1140. The number of pyridine rings is 1. The summed E-state index contributed by atoms with van der Waals surface area (Å²) in [6.07, 6.45) is 1.79. The lowest BCUT2D eigenvalue weighted by molar-refractivity contribution is 0.256. The quantitative estimate of drug-likeness (QED) is 0.529. The average molecular weight is 427 g/mol. The van der Waals surface area contributed by atoms with Crippen LogP contribution < -0.4 is 9.88 Å². The first kappa shape index (κ1) is 22.0. The smallest absolute Gasteiger partial charge is 0.238 e. The van der Waals surface area contributed by atoms with Crippen LogP contribution in [0.3, 0.4) is 0 Å². The van der Waals surface area contributed by atoms with E-state index in [1.54, 1.807) is 24.3 Å². The Morgan fingerprint density at radius 2 is 1.83 bits per heavy atom. The van der Waals surface area contributed by atoms with E-state index >= 15 is 0 Å². The number of aryl methyl sites for hydroxylation is 1. The van der Waals surface area contributed by atoms with Gasteiger partial charge in [-0.15, -0.1) is 0 Å². The molecule has 158 valence electrons. The zero-order valence-electron chi connectivity index (χ0n) is 17.1. The van der Waals surface area contributed by atoms with Crippen molar-refractivity contribution in [2.75, 3.05) is 6.61 Å². The van der Waals surface area contributed by atoms with Crippen molar-refractivity contribution in [3.63, 3.8) is 0 Å². The van der Waals surface area contributed by atoms with E-state index in [0.29, 0.717) is 34.9 Å². The van der Waals surface area contributed by atoms with Gasteiger partial charge in [-0.2, -0.15) is 0 Å². The number of hydrogen-bond donors (Lipinski definition) is 2. The molecule has 1 heterocycles. The molecule has 0 aliphatic heterocycles. The average Bonchev–Trinajstić information content (AvgIpc) is 2.72. The minimum Gasteiger partial charge on any atom is -0.477 e. The molecule has 7 heteroatoms. The first-order valence-corrected chi connectivity index (χ1v) is 11.4. The van der Waals surface area contributed by atoms with E-state index in [2.05, 4.69) is 11.9 Å². The third-order valence-corrected chi connectivity index (χ3v) is 5.75. The molecule has 0 saturated carbocycles. The summed E-state index contributed by atoms with van der Waals surface area (Å²) in [7, 11) is -3.97. The summed E-state index contributed by atoms with van der Waals surface area (Å²) < 4.78 is 30.3. The van der Waals surface area contributed by atoms with Crippen molar-refractivity contribution in [1.82, 2.24) is 4.98 Å². The van der Waals surface area contributed by atoms with Crippen molar-refractivity contribution in [2.45, 2.75) is 38.2 Å². The van der Waals surface area contributed by atoms with Crippen LogP contribution in [0.2, 0.25) is 0 Å². The second-order valence-corrected chi connectivity index (χ2v) is 8.64. The molecule has 1 aromatic heterocycles. The highest BCUT2D eigenvalue weighted by molar-refractivity contribution is 7.89. The fraction of sp³-hybridized carbons (Fsp3) is 0.261. The molecule has 3 aromatic rings. The minimum absolute atomic E-state index is 0.0133. The summed E-state index contributed by atoms with van der Waals surface area (Å²) in [5.74, 6) is 0.296. The van der Waals surface area contributed by atoms with Crippen molar-refractivity contribution in [3.05, 3.63) is 65.7 Å². The molecule has 0 aliphatic rings. The molecule has 3 N–H and O–H groups in total. The van der Waals surface area contributed by atoms with Crippen LogP contribution in [0.4, 0.5) is 0 Å². The predicted molar refractivity (Wildman–Crippen MR) is 118 cm³/mol. The van der Waals surface area contributed by atoms with Gasteiger partial charge in [-0.05, 0) is 37.1 Å². The van der Waals surface area contributed by atoms with Crippen LogP contribution in [0.1, 0.15) is 30.9 Å². The number of sulfonamides is 1. The molecule has 30 heavy (non-hydrogen) atoms. The van der Waals surface area contributed by atoms with Crippen molar-refractivity contribution < 1.29 is 18.3 Å². The zero-order chi connectivity index (χ0) is 21.7. The number of rotatable bonds is 8. The number of aromatic nitrogens is 1. The lowest BCUT2D eigenvalue weighted by Crippen LogP contribution is -2.14. The second kappa shape index (κ2) is 9.38. The first-order chi connectivity index (χ1) is 14.3. The minimum atomic E-state index is -3.97. The second-order valence-electron chi connectivity index (χ2n) is 7.11. The lowest BCUT2D eigenvalue weighted by Gasteiger charge is -2.17. The van der Waals surface area contributed by atoms with Crippen LogP contribution in [0, 0.1) is 6.92 Å². The van der Waals surface area contributed by atoms with Crippen LogP contribution in [-0.4, -0.2) is 25.1 Å². The zero-order valence-corrected chi connectivity index (χ0v) is 17.9. The maximum absolute atomic E-state index is 12.2. The predicted octanol–water partition coefficient (Wildman–Crippen LogP) is 4.04. The molecular formula is C23H26N2O4S. The fourth-order valence-electron chi connectivity index (χ4n) is 3.26. The van der Waals surface area contributed by atoms with Gasteiger partial charge in [0.05, 0.1) is 23.8 Å². The molecule has 0 unspecified atom stereocenters. The van der Waals surface area contributed by atoms with Gasteiger partial charge in [0.25, 0.3) is 0 Å². The topological polar surface area (TPSA) is 103 Å². The lowest BCUT2D eigenvalue weighted by atomic mass is 9.98. The number of aliphatic hydroxyl groups is 1. The first-order valence-electron chi connectivity index (χ1n) is 9.82. The number of unbranched alkanes of at least 4 members (excludes halogenated alkanes) is 1. The van der Waals surface area contributed by atoms with Crippen LogP contribution in [0.5, 0.6) is 5.88 Å². The maximum atomic E-state index is 12.2. The number of primary sulfonamides is 1. The Labute approximate surface area is 177 Å². The number of ether oxygens (including phenoxy) is 1. The Hall–Kier alpha value is -2.74. The maximum Gasteiger partial charge on any atom is 0.238 e. The molecule has 0 spiro atoms. The van der Waals surface area contributed by atoms with Gasteiger partial charge in [0, 0.05) is 16.7 Å². The molecule has 0 atom stereocenters. The molecule has 0 aliphatic carbocycles. The van der Waals surface area contributed by atoms with E-state index in [-0.39, 0.29) is 11.5 Å². The Morgan fingerprint density at radius 1 is 1.07 bits per heavy atom. The summed E-state index contributed by atoms with van der Waals surface area (Å²) in [6, 6.07) is 16.1. The van der Waals surface area contributed by atoms with E-state index in [4.69, 9.17) is 9.88 Å². The molecule has 0 fully saturated rings. The highest BCUT2D eigenvalue weighted by atomic mass is 32.2. The van der Waals surface area contributed by atoms with Gasteiger partial charge in [-0.1, -0.05) is 55.3 Å². The number of benzene rings is 2. The Kier molecular flexibility index (Phi) is 6.87. The Balaban J connectivity index is 2.28. The molecule has 0 amide bonds. The molecule has 3 rings (SSSR count). The third kappa shape index (κ3) is 4.87. The summed E-state index contributed by atoms with van der Waals surface area (Å²) >= 11 is 0. The summed E-state index contributed by atoms with van der Waals surface area (Å²) in [4.78, 5) is 4.63. The standard InChI is InChI=1S/C23H26N2O4S/c1-3-4-12-29-23-20(15-26)19(18-10-5-6-11-22(18)30(24,27)28)14-21(25-23)17-9-7-8-16(2)13-17/h5-11,13-14,26H,3-4,12,15H2,1-2H3,(H2,24,27,28). The number of nitrogens with zero attached hydrogens (tertiary/aromatic N) is 1. The van der Waals surface area contributed by atoms with Crippen LogP contribution in [-0.2, 0) is 16.6 Å². The molecule has 0 saturated heterocycles. The van der Waals surface area contributed by atoms with E-state index in [1.165, 1.54) is 6.07 Å². The highest BCUT2D eigenvalue weighted by Gasteiger charge is 2.21. The van der Waals surface area contributed by atoms with Gasteiger partial charge < -0.3 is 9.84 Å². The highest BCUT2D eigenvalue weighted by Crippen LogP contribution is 2.37. The number of aliphatic hydroxyl groups excluding tert-OH is 1. The third-order valence-electron chi connectivity index (χ3n) is 4.78. The van der Waals surface area contributed by atoms with E-state index in [1.807, 2.05) is 31.2 Å². The van der Waals surface area contributed by atoms with Crippen molar-refractivity contribution in [2.24, 2.45) is 5.14 Å². The molecule has 6 nitrogen and oxygen atoms in total. The summed E-state index contributed by atoms with van der Waals surface area (Å²) in [5, 5.41) is 15.6. The number of hydrogen-bond acceptors (Lipinski definition) is 5. The summed E-state index contributed by atoms with van der Waals surface area (Å²) in [6.45, 7) is 4.14. The van der Waals surface area contributed by atoms with Crippen LogP contribution >= 0.6 is 0 Å². The van der Waals surface area contributed by atoms with Gasteiger partial charge in [-0.25, -0.2) is 18.5 Å². The van der Waals surface area contributed by atoms with Crippen LogP contribution in [0.25, 0.3) is 22.4 Å². The van der Waals surface area contributed by atoms with Gasteiger partial charge in [0.15, 0.2) is 0 Å². The largest absolute Gasteiger partial charge is 0.477 e. The molecule has 0 radical (unpaired) electrons. The Morgan fingerprint density at radius 3 is 2.50 bits per heavy atom. The van der Waals surface area contributed by atoms with Crippen LogP contribution in [0.15, 0.2) is 59.5 Å². The van der Waals surface area contributed by atoms with Gasteiger partial charge in [0.2, 0.25) is 15.9 Å². The van der Waals surface area contributed by atoms with E-state index in [0.717, 1.165) is 24.0 Å². The van der Waals surface area contributed by atoms with Gasteiger partial charge >= 0.3 is 0 Å². The molecule has 2 aromatic carbocycles. The molecule has 0 bridgehead atoms. The monoisotopic (exact) mass is 426 g/mol. The van der Waals surface area contributed by atoms with Crippen molar-refractivity contribution in [1.29, 1.82) is 0 Å². The van der Waals surface area contributed by atoms with Gasteiger partial charge in [-0.3, -0.25) is 0 Å². The SMILES string of the molecule is CCCCOc1nc(-c2cccc(C)c2)cc(-c2ccccc2S(N)(=O)=O)c1CO. The number of nitrogens with two attached hydrogens (primary N) is 1.